The Hall–Kier alpha value is -2.02. The summed E-state index contributed by atoms with van der Waals surface area (Å²) in [4.78, 5) is 23.9. The van der Waals surface area contributed by atoms with Gasteiger partial charge in [0, 0.05) is 17.5 Å². The quantitative estimate of drug-likeness (QED) is 0.696. The van der Waals surface area contributed by atoms with E-state index in [9.17, 15) is 24.9 Å². The second-order valence-corrected chi connectivity index (χ2v) is 5.24. The third-order valence-electron chi connectivity index (χ3n) is 3.65. The number of fused-ring (bicyclic) bond motifs is 1. The van der Waals surface area contributed by atoms with Gasteiger partial charge in [-0.25, -0.2) is 4.79 Å². The number of ketones is 1. The number of aliphatic carboxylic acids is 1. The molecule has 1 aliphatic rings. The van der Waals surface area contributed by atoms with Crippen LogP contribution in [0.3, 0.4) is 0 Å². The fourth-order valence-corrected chi connectivity index (χ4v) is 2.49. The molecule has 6 heteroatoms. The zero-order valence-corrected chi connectivity index (χ0v) is 11.8. The first kappa shape index (κ1) is 17.0. The van der Waals surface area contributed by atoms with E-state index in [0.29, 0.717) is 0 Å². The van der Waals surface area contributed by atoms with Gasteiger partial charge in [-0.05, 0) is 13.8 Å². The summed E-state index contributed by atoms with van der Waals surface area (Å²) < 4.78 is 0. The molecule has 6 nitrogen and oxygen atoms in total. The van der Waals surface area contributed by atoms with Gasteiger partial charge in [-0.1, -0.05) is 35.9 Å². The SMILES string of the molecule is CC(C)=CC[C@@]1(O)C(=O)c2ccccc2[C@]1(O)C(=O)O.O. The number of Topliss-reactive ketones (excluding diaryl/α,β-unsaturated/α-hetero) is 1. The van der Waals surface area contributed by atoms with Crippen LogP contribution in [-0.4, -0.2) is 38.1 Å². The maximum atomic E-state index is 12.3. The number of allylic oxidation sites excluding steroid dienone is 1. The first-order valence-electron chi connectivity index (χ1n) is 6.21. The van der Waals surface area contributed by atoms with Gasteiger partial charge in [0.15, 0.2) is 11.4 Å². The second kappa shape index (κ2) is 5.40. The van der Waals surface area contributed by atoms with Crippen molar-refractivity contribution in [1.29, 1.82) is 0 Å². The molecule has 21 heavy (non-hydrogen) atoms. The standard InChI is InChI=1S/C15H16O5.H2O/c1-9(2)7-8-14(19)12(16)10-5-3-4-6-11(10)15(14,20)13(17)18;/h3-7,19-20H,8H2,1-2H3,(H,17,18);1H2/t14-,15+;/m1./s1. The van der Waals surface area contributed by atoms with Gasteiger partial charge in [-0.2, -0.15) is 0 Å². The van der Waals surface area contributed by atoms with Crippen molar-refractivity contribution in [3.05, 3.63) is 47.0 Å². The number of benzene rings is 1. The Labute approximate surface area is 121 Å². The lowest BCUT2D eigenvalue weighted by atomic mass is 9.80. The summed E-state index contributed by atoms with van der Waals surface area (Å²) in [7, 11) is 0. The zero-order chi connectivity index (χ0) is 15.1. The van der Waals surface area contributed by atoms with Crippen LogP contribution in [0.4, 0.5) is 0 Å². The summed E-state index contributed by atoms with van der Waals surface area (Å²) >= 11 is 0. The highest BCUT2D eigenvalue weighted by molar-refractivity contribution is 6.13. The van der Waals surface area contributed by atoms with E-state index in [1.165, 1.54) is 24.3 Å². The van der Waals surface area contributed by atoms with E-state index in [1.54, 1.807) is 19.9 Å². The maximum Gasteiger partial charge on any atom is 0.344 e. The van der Waals surface area contributed by atoms with Gasteiger partial charge in [0.2, 0.25) is 5.60 Å². The molecule has 0 bridgehead atoms. The van der Waals surface area contributed by atoms with Crippen LogP contribution in [-0.2, 0) is 10.4 Å². The average molecular weight is 294 g/mol. The van der Waals surface area contributed by atoms with Crippen LogP contribution >= 0.6 is 0 Å². The molecule has 114 valence electrons. The first-order valence-corrected chi connectivity index (χ1v) is 6.21. The summed E-state index contributed by atoms with van der Waals surface area (Å²) in [5.74, 6) is -2.41. The van der Waals surface area contributed by atoms with E-state index in [0.717, 1.165) is 5.57 Å². The Kier molecular flexibility index (Phi) is 4.38. The van der Waals surface area contributed by atoms with Gasteiger partial charge in [0.25, 0.3) is 0 Å². The molecule has 0 heterocycles. The van der Waals surface area contributed by atoms with Crippen molar-refractivity contribution in [1.82, 2.24) is 0 Å². The first-order chi connectivity index (χ1) is 9.25. The van der Waals surface area contributed by atoms with Crippen molar-refractivity contribution >= 4 is 11.8 Å². The number of carboxylic acids is 1. The maximum absolute atomic E-state index is 12.3. The van der Waals surface area contributed by atoms with Crippen LogP contribution < -0.4 is 0 Å². The molecule has 1 aliphatic carbocycles. The highest BCUT2D eigenvalue weighted by Gasteiger charge is 2.66. The third-order valence-corrected chi connectivity index (χ3v) is 3.65. The molecule has 0 fully saturated rings. The number of rotatable bonds is 3. The molecular weight excluding hydrogens is 276 g/mol. The molecule has 0 saturated carbocycles. The number of aliphatic hydroxyl groups is 2. The smallest absolute Gasteiger partial charge is 0.344 e. The normalized spacial score (nSPS) is 26.8. The summed E-state index contributed by atoms with van der Waals surface area (Å²) in [6.45, 7) is 3.52. The number of carboxylic acid groups (broad SMARTS) is 1. The predicted molar refractivity (Wildman–Crippen MR) is 74.9 cm³/mol. The van der Waals surface area contributed by atoms with Crippen molar-refractivity contribution in [3.63, 3.8) is 0 Å². The highest BCUT2D eigenvalue weighted by Crippen LogP contribution is 2.46. The van der Waals surface area contributed by atoms with Crippen LogP contribution in [0.15, 0.2) is 35.9 Å². The van der Waals surface area contributed by atoms with Crippen molar-refractivity contribution in [2.45, 2.75) is 31.5 Å². The Bertz CT molecular complexity index is 616. The molecular formula is C15H18O6. The summed E-state index contributed by atoms with van der Waals surface area (Å²) in [6.07, 6.45) is 1.28. The molecule has 0 aliphatic heterocycles. The summed E-state index contributed by atoms with van der Waals surface area (Å²) in [5.41, 5.74) is -4.23. The Morgan fingerprint density at radius 2 is 1.81 bits per heavy atom. The van der Waals surface area contributed by atoms with Crippen LogP contribution in [0.25, 0.3) is 0 Å². The van der Waals surface area contributed by atoms with Gasteiger partial charge in [0.1, 0.15) is 0 Å². The monoisotopic (exact) mass is 294 g/mol. The topological polar surface area (TPSA) is 126 Å². The Balaban J connectivity index is 0.00000220. The molecule has 0 saturated heterocycles. The predicted octanol–water partition coefficient (Wildman–Crippen LogP) is 0.418. The highest BCUT2D eigenvalue weighted by atomic mass is 16.4. The van der Waals surface area contributed by atoms with Crippen LogP contribution in [0.2, 0.25) is 0 Å². The molecule has 0 radical (unpaired) electrons. The van der Waals surface area contributed by atoms with E-state index in [1.807, 2.05) is 0 Å². The lowest BCUT2D eigenvalue weighted by Crippen LogP contribution is -2.56. The molecule has 1 aromatic carbocycles. The van der Waals surface area contributed by atoms with Crippen molar-refractivity contribution in [3.8, 4) is 0 Å². The van der Waals surface area contributed by atoms with E-state index in [-0.39, 0.29) is 23.0 Å². The molecule has 0 amide bonds. The van der Waals surface area contributed by atoms with Crippen LogP contribution in [0, 0.1) is 0 Å². The average Bonchev–Trinajstić information content (AvgIpc) is 2.58. The molecule has 0 spiro atoms. The van der Waals surface area contributed by atoms with Gasteiger partial charge >= 0.3 is 5.97 Å². The fraction of sp³-hybridized carbons (Fsp3) is 0.333. The molecule has 0 aromatic heterocycles. The molecule has 2 rings (SSSR count). The number of hydrogen-bond acceptors (Lipinski definition) is 4. The van der Waals surface area contributed by atoms with E-state index >= 15 is 0 Å². The third kappa shape index (κ3) is 2.17. The van der Waals surface area contributed by atoms with Gasteiger partial charge in [-0.15, -0.1) is 0 Å². The van der Waals surface area contributed by atoms with Gasteiger partial charge < -0.3 is 20.8 Å². The molecule has 2 atom stereocenters. The fourth-order valence-electron chi connectivity index (χ4n) is 2.49. The van der Waals surface area contributed by atoms with Crippen LogP contribution in [0.1, 0.15) is 36.2 Å². The lowest BCUT2D eigenvalue weighted by Gasteiger charge is -2.32. The largest absolute Gasteiger partial charge is 0.479 e. The minimum atomic E-state index is -2.63. The Morgan fingerprint density at radius 1 is 1.24 bits per heavy atom. The Morgan fingerprint density at radius 3 is 2.33 bits per heavy atom. The minimum absolute atomic E-state index is 0. The molecule has 1 aromatic rings. The summed E-state index contributed by atoms with van der Waals surface area (Å²) in [6, 6.07) is 5.84. The second-order valence-electron chi connectivity index (χ2n) is 5.24. The molecule has 5 N–H and O–H groups in total. The zero-order valence-electron chi connectivity index (χ0n) is 11.8. The number of carbonyl (C=O) groups excluding carboxylic acids is 1. The number of hydrogen-bond donors (Lipinski definition) is 3. The van der Waals surface area contributed by atoms with Crippen molar-refractivity contribution in [2.24, 2.45) is 0 Å². The number of carbonyl (C=O) groups is 2. The van der Waals surface area contributed by atoms with Crippen molar-refractivity contribution < 1.29 is 30.4 Å². The summed E-state index contributed by atoms with van der Waals surface area (Å²) in [5, 5.41) is 30.5. The minimum Gasteiger partial charge on any atom is -0.479 e. The van der Waals surface area contributed by atoms with Crippen LogP contribution in [0.5, 0.6) is 0 Å². The van der Waals surface area contributed by atoms with E-state index in [2.05, 4.69) is 0 Å². The van der Waals surface area contributed by atoms with Crippen molar-refractivity contribution in [2.75, 3.05) is 0 Å². The van der Waals surface area contributed by atoms with Gasteiger partial charge in [0.05, 0.1) is 0 Å². The van der Waals surface area contributed by atoms with Gasteiger partial charge in [-0.3, -0.25) is 4.79 Å². The lowest BCUT2D eigenvalue weighted by molar-refractivity contribution is -0.183. The molecule has 0 unspecified atom stereocenters. The van der Waals surface area contributed by atoms with E-state index < -0.39 is 23.0 Å². The van der Waals surface area contributed by atoms with E-state index in [4.69, 9.17) is 0 Å².